The SMILES string of the molecule is CNCc1nccc(-c2ccc(OC)c(OC)c2)n1. The van der Waals surface area contributed by atoms with Crippen LogP contribution in [0.25, 0.3) is 11.3 Å². The van der Waals surface area contributed by atoms with E-state index in [1.807, 2.05) is 31.3 Å². The topological polar surface area (TPSA) is 56.3 Å². The van der Waals surface area contributed by atoms with Crippen LogP contribution in [-0.4, -0.2) is 31.2 Å². The summed E-state index contributed by atoms with van der Waals surface area (Å²) in [5.41, 5.74) is 1.83. The first-order valence-corrected chi connectivity index (χ1v) is 5.97. The van der Waals surface area contributed by atoms with Crippen molar-refractivity contribution < 1.29 is 9.47 Å². The summed E-state index contributed by atoms with van der Waals surface area (Å²) in [7, 11) is 5.10. The average molecular weight is 259 g/mol. The van der Waals surface area contributed by atoms with Crippen molar-refractivity contribution >= 4 is 0 Å². The highest BCUT2D eigenvalue weighted by Gasteiger charge is 2.07. The summed E-state index contributed by atoms with van der Waals surface area (Å²) in [6, 6.07) is 7.60. The average Bonchev–Trinajstić information content (AvgIpc) is 2.47. The molecule has 0 saturated carbocycles. The zero-order valence-electron chi connectivity index (χ0n) is 11.3. The second-order valence-corrected chi connectivity index (χ2v) is 3.96. The Balaban J connectivity index is 2.38. The second kappa shape index (κ2) is 6.15. The Labute approximate surface area is 112 Å². The number of hydrogen-bond acceptors (Lipinski definition) is 5. The van der Waals surface area contributed by atoms with E-state index in [4.69, 9.17) is 9.47 Å². The lowest BCUT2D eigenvalue weighted by molar-refractivity contribution is 0.355. The van der Waals surface area contributed by atoms with Gasteiger partial charge in [-0.1, -0.05) is 0 Å². The Morgan fingerprint density at radius 2 is 1.89 bits per heavy atom. The number of ether oxygens (including phenoxy) is 2. The highest BCUT2D eigenvalue weighted by Crippen LogP contribution is 2.31. The molecule has 0 aliphatic carbocycles. The molecular formula is C14H17N3O2. The van der Waals surface area contributed by atoms with E-state index in [1.54, 1.807) is 20.4 Å². The van der Waals surface area contributed by atoms with Crippen LogP contribution in [0.3, 0.4) is 0 Å². The van der Waals surface area contributed by atoms with E-state index >= 15 is 0 Å². The van der Waals surface area contributed by atoms with E-state index in [1.165, 1.54) is 0 Å². The first-order chi connectivity index (χ1) is 9.28. The van der Waals surface area contributed by atoms with Gasteiger partial charge in [0.25, 0.3) is 0 Å². The van der Waals surface area contributed by atoms with Gasteiger partial charge in [-0.2, -0.15) is 0 Å². The fourth-order valence-electron chi connectivity index (χ4n) is 1.80. The fraction of sp³-hybridized carbons (Fsp3) is 0.286. The highest BCUT2D eigenvalue weighted by molar-refractivity contribution is 5.63. The number of hydrogen-bond donors (Lipinski definition) is 1. The Bertz CT molecular complexity index is 558. The predicted octanol–water partition coefficient (Wildman–Crippen LogP) is 1.88. The molecule has 0 radical (unpaired) electrons. The maximum absolute atomic E-state index is 5.30. The number of nitrogens with one attached hydrogen (secondary N) is 1. The number of aromatic nitrogens is 2. The minimum Gasteiger partial charge on any atom is -0.493 e. The minimum absolute atomic E-state index is 0.640. The molecule has 1 N–H and O–H groups in total. The van der Waals surface area contributed by atoms with Crippen molar-refractivity contribution in [2.45, 2.75) is 6.54 Å². The zero-order valence-corrected chi connectivity index (χ0v) is 11.3. The molecule has 0 unspecified atom stereocenters. The number of rotatable bonds is 5. The van der Waals surface area contributed by atoms with E-state index < -0.39 is 0 Å². The van der Waals surface area contributed by atoms with E-state index in [-0.39, 0.29) is 0 Å². The smallest absolute Gasteiger partial charge is 0.161 e. The van der Waals surface area contributed by atoms with Crippen molar-refractivity contribution in [3.8, 4) is 22.8 Å². The molecule has 5 heteroatoms. The lowest BCUT2D eigenvalue weighted by Crippen LogP contribution is -2.09. The third-order valence-corrected chi connectivity index (χ3v) is 2.72. The van der Waals surface area contributed by atoms with Crippen LogP contribution in [0.2, 0.25) is 0 Å². The van der Waals surface area contributed by atoms with Crippen LogP contribution in [0.4, 0.5) is 0 Å². The molecule has 0 amide bonds. The van der Waals surface area contributed by atoms with Crippen LogP contribution in [-0.2, 0) is 6.54 Å². The molecule has 0 aliphatic rings. The Kier molecular flexibility index (Phi) is 4.30. The number of benzene rings is 1. The van der Waals surface area contributed by atoms with E-state index in [9.17, 15) is 0 Å². The van der Waals surface area contributed by atoms with Crippen LogP contribution in [0, 0.1) is 0 Å². The predicted molar refractivity (Wildman–Crippen MR) is 73.3 cm³/mol. The molecule has 0 bridgehead atoms. The summed E-state index contributed by atoms with van der Waals surface area (Å²) < 4.78 is 10.5. The zero-order chi connectivity index (χ0) is 13.7. The van der Waals surface area contributed by atoms with Crippen molar-refractivity contribution in [3.05, 3.63) is 36.3 Å². The van der Waals surface area contributed by atoms with Gasteiger partial charge in [0.05, 0.1) is 26.5 Å². The van der Waals surface area contributed by atoms with E-state index in [0.29, 0.717) is 18.0 Å². The van der Waals surface area contributed by atoms with Gasteiger partial charge < -0.3 is 14.8 Å². The lowest BCUT2D eigenvalue weighted by atomic mass is 10.1. The van der Waals surface area contributed by atoms with Crippen molar-refractivity contribution in [3.63, 3.8) is 0 Å². The van der Waals surface area contributed by atoms with Gasteiger partial charge in [-0.3, -0.25) is 0 Å². The highest BCUT2D eigenvalue weighted by atomic mass is 16.5. The van der Waals surface area contributed by atoms with Gasteiger partial charge in [0.15, 0.2) is 11.5 Å². The molecule has 1 aromatic heterocycles. The maximum atomic E-state index is 5.30. The molecule has 2 rings (SSSR count). The Morgan fingerprint density at radius 1 is 1.11 bits per heavy atom. The van der Waals surface area contributed by atoms with Crippen LogP contribution in [0.1, 0.15) is 5.82 Å². The third-order valence-electron chi connectivity index (χ3n) is 2.72. The van der Waals surface area contributed by atoms with Crippen LogP contribution < -0.4 is 14.8 Å². The van der Waals surface area contributed by atoms with Crippen molar-refractivity contribution in [1.82, 2.24) is 15.3 Å². The molecule has 19 heavy (non-hydrogen) atoms. The summed E-state index contributed by atoms with van der Waals surface area (Å²) in [6.45, 7) is 0.640. The number of methoxy groups -OCH3 is 2. The first-order valence-electron chi connectivity index (χ1n) is 5.97. The van der Waals surface area contributed by atoms with Gasteiger partial charge in [-0.05, 0) is 31.3 Å². The second-order valence-electron chi connectivity index (χ2n) is 3.96. The van der Waals surface area contributed by atoms with Gasteiger partial charge in [-0.15, -0.1) is 0 Å². The molecule has 5 nitrogen and oxygen atoms in total. The molecule has 100 valence electrons. The molecule has 2 aromatic rings. The summed E-state index contributed by atoms with van der Waals surface area (Å²) >= 11 is 0. The van der Waals surface area contributed by atoms with E-state index in [0.717, 1.165) is 17.1 Å². The number of nitrogens with zero attached hydrogens (tertiary/aromatic N) is 2. The fourth-order valence-corrected chi connectivity index (χ4v) is 1.80. The van der Waals surface area contributed by atoms with Crippen molar-refractivity contribution in [1.29, 1.82) is 0 Å². The first kappa shape index (κ1) is 13.3. The molecular weight excluding hydrogens is 242 g/mol. The van der Waals surface area contributed by atoms with Crippen LogP contribution >= 0.6 is 0 Å². The van der Waals surface area contributed by atoms with Gasteiger partial charge >= 0.3 is 0 Å². The normalized spacial score (nSPS) is 10.3. The summed E-state index contributed by atoms with van der Waals surface area (Å²) in [4.78, 5) is 8.70. The molecule has 1 heterocycles. The standard InChI is InChI=1S/C14H17N3O2/c1-15-9-14-16-7-6-11(17-14)10-4-5-12(18-2)13(8-10)19-3/h4-8,15H,9H2,1-3H3. The third kappa shape index (κ3) is 3.00. The lowest BCUT2D eigenvalue weighted by Gasteiger charge is -2.09. The summed E-state index contributed by atoms with van der Waals surface area (Å²) in [6.07, 6.45) is 1.76. The minimum atomic E-state index is 0.640. The van der Waals surface area contributed by atoms with Gasteiger partial charge in [0, 0.05) is 11.8 Å². The van der Waals surface area contributed by atoms with E-state index in [2.05, 4.69) is 15.3 Å². The quantitative estimate of drug-likeness (QED) is 0.888. The maximum Gasteiger partial charge on any atom is 0.161 e. The molecule has 0 fully saturated rings. The van der Waals surface area contributed by atoms with Gasteiger partial charge in [0.2, 0.25) is 0 Å². The summed E-state index contributed by atoms with van der Waals surface area (Å²) in [5.74, 6) is 2.15. The molecule has 0 spiro atoms. The van der Waals surface area contributed by atoms with Gasteiger partial charge in [-0.25, -0.2) is 9.97 Å². The van der Waals surface area contributed by atoms with Crippen LogP contribution in [0.5, 0.6) is 11.5 Å². The molecule has 1 aromatic carbocycles. The molecule has 0 saturated heterocycles. The van der Waals surface area contributed by atoms with Crippen molar-refractivity contribution in [2.24, 2.45) is 0 Å². The Morgan fingerprint density at radius 3 is 2.58 bits per heavy atom. The molecule has 0 aliphatic heterocycles. The molecule has 0 atom stereocenters. The van der Waals surface area contributed by atoms with Gasteiger partial charge in [0.1, 0.15) is 5.82 Å². The monoisotopic (exact) mass is 259 g/mol. The van der Waals surface area contributed by atoms with Crippen LogP contribution in [0.15, 0.2) is 30.5 Å². The Hall–Kier alpha value is -2.14. The summed E-state index contributed by atoms with van der Waals surface area (Å²) in [5, 5.41) is 3.03. The van der Waals surface area contributed by atoms with Crippen molar-refractivity contribution in [2.75, 3.05) is 21.3 Å². The largest absolute Gasteiger partial charge is 0.493 e.